The number of aliphatic hydroxyl groups is 1. The molecule has 2 aliphatic rings. The molecule has 0 aromatic rings. The second-order valence-electron chi connectivity index (χ2n) is 3.43. The largest absolute Gasteiger partial charge is 0.386 e. The second kappa shape index (κ2) is 1.40. The van der Waals surface area contributed by atoms with Crippen molar-refractivity contribution in [2.24, 2.45) is 11.8 Å². The van der Waals surface area contributed by atoms with Gasteiger partial charge in [0.15, 0.2) is 0 Å². The summed E-state index contributed by atoms with van der Waals surface area (Å²) in [7, 11) is 0. The summed E-state index contributed by atoms with van der Waals surface area (Å²) in [4.78, 5) is 0. The summed E-state index contributed by atoms with van der Waals surface area (Å²) < 4.78 is 0. The zero-order chi connectivity index (χ0) is 6.48. The molecule has 50 valence electrons. The number of rotatable bonds is 0. The Labute approximate surface area is 55.4 Å². The summed E-state index contributed by atoms with van der Waals surface area (Å²) in [5.74, 6) is 1.26. The molecule has 0 saturated heterocycles. The molecule has 1 saturated carbocycles. The summed E-state index contributed by atoms with van der Waals surface area (Å²) in [5.41, 5.74) is -0.469. The van der Waals surface area contributed by atoms with E-state index in [1.165, 1.54) is 12.8 Å². The third-order valence-corrected chi connectivity index (χ3v) is 2.76. The molecule has 3 atom stereocenters. The van der Waals surface area contributed by atoms with Crippen molar-refractivity contribution < 1.29 is 5.11 Å². The topological polar surface area (TPSA) is 20.2 Å². The summed E-state index contributed by atoms with van der Waals surface area (Å²) in [5, 5.41) is 9.60. The van der Waals surface area contributed by atoms with Gasteiger partial charge in [-0.15, -0.1) is 0 Å². The molecule has 0 unspecified atom stereocenters. The minimum atomic E-state index is -0.469. The van der Waals surface area contributed by atoms with Crippen LogP contribution < -0.4 is 0 Å². The predicted octanol–water partition coefficient (Wildman–Crippen LogP) is 1.33. The first-order valence-electron chi connectivity index (χ1n) is 3.62. The van der Waals surface area contributed by atoms with Crippen molar-refractivity contribution in [2.75, 3.05) is 0 Å². The number of hydrogen-bond donors (Lipinski definition) is 1. The van der Waals surface area contributed by atoms with Crippen LogP contribution in [0.3, 0.4) is 0 Å². The summed E-state index contributed by atoms with van der Waals surface area (Å²) in [6.45, 7) is 1.91. The fraction of sp³-hybridized carbons (Fsp3) is 0.750. The van der Waals surface area contributed by atoms with Gasteiger partial charge in [-0.2, -0.15) is 0 Å². The Morgan fingerprint density at radius 3 is 2.56 bits per heavy atom. The molecule has 0 bridgehead atoms. The molecule has 0 radical (unpaired) electrons. The predicted molar refractivity (Wildman–Crippen MR) is 36.0 cm³/mol. The van der Waals surface area contributed by atoms with E-state index < -0.39 is 5.60 Å². The number of fused-ring (bicyclic) bond motifs is 1. The lowest BCUT2D eigenvalue weighted by molar-refractivity contribution is -0.00112. The first-order valence-corrected chi connectivity index (χ1v) is 3.62. The van der Waals surface area contributed by atoms with Crippen molar-refractivity contribution in [3.05, 3.63) is 12.2 Å². The molecule has 1 nitrogen and oxygen atoms in total. The monoisotopic (exact) mass is 124 g/mol. The van der Waals surface area contributed by atoms with Crippen LogP contribution >= 0.6 is 0 Å². The van der Waals surface area contributed by atoms with Gasteiger partial charge in [0.2, 0.25) is 0 Å². The van der Waals surface area contributed by atoms with Gasteiger partial charge in [-0.25, -0.2) is 0 Å². The Hall–Kier alpha value is -0.300. The van der Waals surface area contributed by atoms with E-state index in [0.29, 0.717) is 11.8 Å². The molecule has 0 aliphatic heterocycles. The van der Waals surface area contributed by atoms with E-state index in [1.54, 1.807) is 0 Å². The summed E-state index contributed by atoms with van der Waals surface area (Å²) in [6.07, 6.45) is 6.62. The second-order valence-corrected chi connectivity index (χ2v) is 3.43. The molecule has 0 heterocycles. The van der Waals surface area contributed by atoms with Crippen LogP contribution in [-0.4, -0.2) is 10.7 Å². The van der Waals surface area contributed by atoms with E-state index in [4.69, 9.17) is 0 Å². The highest BCUT2D eigenvalue weighted by Crippen LogP contribution is 2.47. The molecule has 1 N–H and O–H groups in total. The zero-order valence-corrected chi connectivity index (χ0v) is 5.67. The Balaban J connectivity index is 2.22. The van der Waals surface area contributed by atoms with Crippen LogP contribution in [0.25, 0.3) is 0 Å². The lowest BCUT2D eigenvalue weighted by Crippen LogP contribution is -2.38. The SMILES string of the molecule is C[C@@]1(O)C=C[C@H]2CC[C@H]21. The Bertz CT molecular complexity index is 158. The van der Waals surface area contributed by atoms with Crippen LogP contribution in [-0.2, 0) is 0 Å². The van der Waals surface area contributed by atoms with Crippen molar-refractivity contribution in [2.45, 2.75) is 25.4 Å². The van der Waals surface area contributed by atoms with Crippen molar-refractivity contribution in [1.29, 1.82) is 0 Å². The van der Waals surface area contributed by atoms with E-state index in [2.05, 4.69) is 6.08 Å². The van der Waals surface area contributed by atoms with Gasteiger partial charge in [0, 0.05) is 0 Å². The lowest BCUT2D eigenvalue weighted by atomic mass is 9.70. The van der Waals surface area contributed by atoms with E-state index >= 15 is 0 Å². The lowest BCUT2D eigenvalue weighted by Gasteiger charge is -2.37. The fourth-order valence-electron chi connectivity index (χ4n) is 1.92. The highest BCUT2D eigenvalue weighted by Gasteiger charge is 2.44. The minimum absolute atomic E-state index is 0.469. The van der Waals surface area contributed by atoms with Crippen LogP contribution in [0, 0.1) is 11.8 Å². The van der Waals surface area contributed by atoms with Crippen LogP contribution in [0.4, 0.5) is 0 Å². The molecule has 0 spiro atoms. The van der Waals surface area contributed by atoms with Crippen LogP contribution in [0.15, 0.2) is 12.2 Å². The molecule has 0 aromatic heterocycles. The standard InChI is InChI=1S/C8H12O/c1-8(9)5-4-6-2-3-7(6)8/h4-7,9H,2-3H2,1H3/t6-,7-,8-/m1/s1. The third-order valence-electron chi connectivity index (χ3n) is 2.76. The molecule has 1 heteroatoms. The number of hydrogen-bond acceptors (Lipinski definition) is 1. The maximum atomic E-state index is 9.60. The number of allylic oxidation sites excluding steroid dienone is 1. The third kappa shape index (κ3) is 0.584. The molecule has 2 rings (SSSR count). The van der Waals surface area contributed by atoms with Gasteiger partial charge >= 0.3 is 0 Å². The van der Waals surface area contributed by atoms with Crippen LogP contribution in [0.5, 0.6) is 0 Å². The molecule has 1 fully saturated rings. The highest BCUT2D eigenvalue weighted by molar-refractivity contribution is 5.18. The molecule has 2 aliphatic carbocycles. The zero-order valence-electron chi connectivity index (χ0n) is 5.67. The first kappa shape index (κ1) is 5.48. The van der Waals surface area contributed by atoms with Crippen LogP contribution in [0.1, 0.15) is 19.8 Å². The Kier molecular flexibility index (Phi) is 0.854. The highest BCUT2D eigenvalue weighted by atomic mass is 16.3. The van der Waals surface area contributed by atoms with Gasteiger partial charge in [-0.1, -0.05) is 12.2 Å². The average Bonchev–Trinajstić information content (AvgIpc) is 1.74. The normalized spacial score (nSPS) is 54.9. The van der Waals surface area contributed by atoms with Crippen molar-refractivity contribution in [3.63, 3.8) is 0 Å². The average molecular weight is 124 g/mol. The van der Waals surface area contributed by atoms with Gasteiger partial charge in [-0.3, -0.25) is 0 Å². The van der Waals surface area contributed by atoms with Crippen molar-refractivity contribution in [1.82, 2.24) is 0 Å². The van der Waals surface area contributed by atoms with Crippen molar-refractivity contribution in [3.8, 4) is 0 Å². The van der Waals surface area contributed by atoms with E-state index in [0.717, 1.165) is 0 Å². The summed E-state index contributed by atoms with van der Waals surface area (Å²) in [6, 6.07) is 0. The maximum Gasteiger partial charge on any atom is 0.0833 e. The molecular formula is C8H12O. The van der Waals surface area contributed by atoms with Gasteiger partial charge < -0.3 is 5.11 Å². The quantitative estimate of drug-likeness (QED) is 0.483. The van der Waals surface area contributed by atoms with Crippen molar-refractivity contribution >= 4 is 0 Å². The fourth-order valence-corrected chi connectivity index (χ4v) is 1.92. The molecule has 0 amide bonds. The summed E-state index contributed by atoms with van der Waals surface area (Å²) >= 11 is 0. The van der Waals surface area contributed by atoms with E-state index in [-0.39, 0.29) is 0 Å². The Morgan fingerprint density at radius 1 is 1.56 bits per heavy atom. The molecule has 0 aromatic carbocycles. The smallest absolute Gasteiger partial charge is 0.0833 e. The first-order chi connectivity index (χ1) is 4.20. The van der Waals surface area contributed by atoms with Gasteiger partial charge in [0.05, 0.1) is 5.60 Å². The maximum absolute atomic E-state index is 9.60. The molecule has 9 heavy (non-hydrogen) atoms. The Morgan fingerprint density at radius 2 is 2.33 bits per heavy atom. The van der Waals surface area contributed by atoms with E-state index in [9.17, 15) is 5.11 Å². The molecular weight excluding hydrogens is 112 g/mol. The van der Waals surface area contributed by atoms with Crippen LogP contribution in [0.2, 0.25) is 0 Å². The van der Waals surface area contributed by atoms with Gasteiger partial charge in [-0.05, 0) is 31.6 Å². The minimum Gasteiger partial charge on any atom is -0.386 e. The van der Waals surface area contributed by atoms with Gasteiger partial charge in [0.25, 0.3) is 0 Å². The van der Waals surface area contributed by atoms with E-state index in [1.807, 2.05) is 13.0 Å². The van der Waals surface area contributed by atoms with Gasteiger partial charge in [0.1, 0.15) is 0 Å².